The molecule has 3 N–H and O–H groups in total. The predicted octanol–water partition coefficient (Wildman–Crippen LogP) is 3.48. The van der Waals surface area contributed by atoms with Gasteiger partial charge in [-0.3, -0.25) is 0 Å². The summed E-state index contributed by atoms with van der Waals surface area (Å²) in [4.78, 5) is 27.3. The molecule has 0 spiro atoms. The number of rotatable bonds is 9. The van der Waals surface area contributed by atoms with Crippen LogP contribution in [0.25, 0.3) is 0 Å². The first-order valence-electron chi connectivity index (χ1n) is 12.1. The monoisotopic (exact) mass is 483 g/mol. The number of urea groups is 1. The number of hydrogen-bond donors (Lipinski definition) is 3. The Hall–Kier alpha value is -3.10. The number of carbonyl (C=O) groups excluding carboxylic acids is 2. The van der Waals surface area contributed by atoms with E-state index in [1.165, 1.54) is 0 Å². The topological polar surface area (TPSA) is 100 Å². The lowest BCUT2D eigenvalue weighted by Gasteiger charge is -2.32. The van der Waals surface area contributed by atoms with Gasteiger partial charge in [0.25, 0.3) is 0 Å². The number of alkyl carbamates (subject to hydrolysis) is 1. The molecule has 190 valence electrons. The minimum atomic E-state index is -1.03. The van der Waals surface area contributed by atoms with Gasteiger partial charge in [0.1, 0.15) is 6.10 Å². The van der Waals surface area contributed by atoms with Crippen molar-refractivity contribution in [2.75, 3.05) is 19.8 Å². The third-order valence-electron chi connectivity index (χ3n) is 5.62. The van der Waals surface area contributed by atoms with Crippen molar-refractivity contribution < 1.29 is 24.2 Å². The van der Waals surface area contributed by atoms with Crippen LogP contribution in [0.2, 0.25) is 0 Å². The van der Waals surface area contributed by atoms with Crippen LogP contribution in [0.1, 0.15) is 38.3 Å². The highest BCUT2D eigenvalue weighted by Gasteiger charge is 2.29. The zero-order chi connectivity index (χ0) is 25.3. The molecule has 1 fully saturated rings. The molecule has 0 unspecified atom stereocenters. The van der Waals surface area contributed by atoms with E-state index in [0.29, 0.717) is 32.6 Å². The molecule has 8 nitrogen and oxygen atoms in total. The molecule has 0 bridgehead atoms. The number of benzene rings is 2. The molecule has 1 aliphatic heterocycles. The molecule has 2 aromatic rings. The molecule has 0 aromatic heterocycles. The molecule has 1 heterocycles. The highest BCUT2D eigenvalue weighted by atomic mass is 16.6. The van der Waals surface area contributed by atoms with Gasteiger partial charge in [-0.05, 0) is 38.3 Å². The fraction of sp³-hybridized carbons (Fsp3) is 0.481. The van der Waals surface area contributed by atoms with Crippen LogP contribution in [0.15, 0.2) is 60.7 Å². The van der Waals surface area contributed by atoms with Crippen LogP contribution in [-0.2, 0) is 22.4 Å². The van der Waals surface area contributed by atoms with E-state index in [0.717, 1.165) is 11.1 Å². The maximum absolute atomic E-state index is 13.1. The van der Waals surface area contributed by atoms with E-state index < -0.39 is 23.8 Å². The number of aliphatic hydroxyl groups is 1. The Bertz CT molecular complexity index is 927. The van der Waals surface area contributed by atoms with Gasteiger partial charge in [0.2, 0.25) is 0 Å². The standard InChI is InChI=1S/C27H37N3O5/c1-27(2,3)29-25(32)30(17-21-12-8-5-9-13-21)18-24(31)23(16-20-10-6-4-7-11-20)28-26(33)35-22-14-15-34-19-22/h4-13,22-24,31H,14-19H2,1-3H3,(H,28,33)(H,29,32)/t22-,23-,24+/m0/s1. The summed E-state index contributed by atoms with van der Waals surface area (Å²) in [5, 5.41) is 17.1. The Kier molecular flexibility index (Phi) is 9.51. The molecular weight excluding hydrogens is 446 g/mol. The molecule has 3 amide bonds. The number of nitrogens with one attached hydrogen (secondary N) is 2. The van der Waals surface area contributed by atoms with Crippen molar-refractivity contribution in [3.63, 3.8) is 0 Å². The predicted molar refractivity (Wildman–Crippen MR) is 134 cm³/mol. The first kappa shape index (κ1) is 26.5. The number of carbonyl (C=O) groups is 2. The Balaban J connectivity index is 1.75. The van der Waals surface area contributed by atoms with Gasteiger partial charge in [-0.25, -0.2) is 9.59 Å². The molecule has 35 heavy (non-hydrogen) atoms. The third kappa shape index (κ3) is 9.22. The number of nitrogens with zero attached hydrogens (tertiary/aromatic N) is 1. The average molecular weight is 484 g/mol. The Morgan fingerprint density at radius 3 is 2.29 bits per heavy atom. The van der Waals surface area contributed by atoms with E-state index in [1.807, 2.05) is 81.4 Å². The second-order valence-corrected chi connectivity index (χ2v) is 9.95. The molecule has 3 atom stereocenters. The quantitative estimate of drug-likeness (QED) is 0.507. The molecule has 8 heteroatoms. The van der Waals surface area contributed by atoms with E-state index in [4.69, 9.17) is 9.47 Å². The van der Waals surface area contributed by atoms with Gasteiger partial charge in [-0.1, -0.05) is 60.7 Å². The van der Waals surface area contributed by atoms with Crippen LogP contribution < -0.4 is 10.6 Å². The molecule has 0 aliphatic carbocycles. The smallest absolute Gasteiger partial charge is 0.407 e. The number of aliphatic hydroxyl groups excluding tert-OH is 1. The van der Waals surface area contributed by atoms with E-state index in [1.54, 1.807) is 4.90 Å². The van der Waals surface area contributed by atoms with Gasteiger partial charge >= 0.3 is 12.1 Å². The molecule has 3 rings (SSSR count). The fourth-order valence-corrected chi connectivity index (χ4v) is 3.87. The van der Waals surface area contributed by atoms with Crippen molar-refractivity contribution >= 4 is 12.1 Å². The van der Waals surface area contributed by atoms with E-state index in [9.17, 15) is 14.7 Å². The number of ether oxygens (including phenoxy) is 2. The first-order valence-corrected chi connectivity index (χ1v) is 12.1. The van der Waals surface area contributed by atoms with Crippen LogP contribution in [0.3, 0.4) is 0 Å². The van der Waals surface area contributed by atoms with Gasteiger partial charge in [0.15, 0.2) is 0 Å². The Morgan fingerprint density at radius 1 is 1.09 bits per heavy atom. The maximum atomic E-state index is 13.1. The van der Waals surface area contributed by atoms with Gasteiger partial charge in [0, 0.05) is 18.5 Å². The minimum absolute atomic E-state index is 0.0289. The van der Waals surface area contributed by atoms with Crippen LogP contribution in [0, 0.1) is 0 Å². The van der Waals surface area contributed by atoms with E-state index in [-0.39, 0.29) is 18.7 Å². The summed E-state index contributed by atoms with van der Waals surface area (Å²) in [6.07, 6.45) is -0.891. The summed E-state index contributed by atoms with van der Waals surface area (Å²) in [5.41, 5.74) is 1.46. The normalized spacial score (nSPS) is 17.3. The highest BCUT2D eigenvalue weighted by Crippen LogP contribution is 2.14. The zero-order valence-electron chi connectivity index (χ0n) is 20.8. The van der Waals surface area contributed by atoms with Crippen molar-refractivity contribution in [1.82, 2.24) is 15.5 Å². The second-order valence-electron chi connectivity index (χ2n) is 9.95. The average Bonchev–Trinajstić information content (AvgIpc) is 3.31. The van der Waals surface area contributed by atoms with Crippen molar-refractivity contribution in [2.24, 2.45) is 0 Å². The van der Waals surface area contributed by atoms with Crippen LogP contribution in [0.4, 0.5) is 9.59 Å². The lowest BCUT2D eigenvalue weighted by Crippen LogP contribution is -2.54. The van der Waals surface area contributed by atoms with Gasteiger partial charge < -0.3 is 30.1 Å². The van der Waals surface area contributed by atoms with E-state index in [2.05, 4.69) is 10.6 Å². The summed E-state index contributed by atoms with van der Waals surface area (Å²) >= 11 is 0. The molecular formula is C27H37N3O5. The zero-order valence-corrected chi connectivity index (χ0v) is 20.8. The largest absolute Gasteiger partial charge is 0.444 e. The summed E-state index contributed by atoms with van der Waals surface area (Å²) < 4.78 is 10.7. The molecule has 1 aliphatic rings. The summed E-state index contributed by atoms with van der Waals surface area (Å²) in [6, 6.07) is 18.3. The first-order chi connectivity index (χ1) is 16.7. The number of hydrogen-bond acceptors (Lipinski definition) is 5. The maximum Gasteiger partial charge on any atom is 0.407 e. The minimum Gasteiger partial charge on any atom is -0.444 e. The Morgan fingerprint density at radius 2 is 1.71 bits per heavy atom. The van der Waals surface area contributed by atoms with E-state index >= 15 is 0 Å². The summed E-state index contributed by atoms with van der Waals surface area (Å²) in [5.74, 6) is 0. The summed E-state index contributed by atoms with van der Waals surface area (Å²) in [7, 11) is 0. The molecule has 0 saturated carbocycles. The lowest BCUT2D eigenvalue weighted by molar-refractivity contribution is 0.0599. The SMILES string of the molecule is CC(C)(C)NC(=O)N(Cc1ccccc1)C[C@@H](O)[C@H](Cc1ccccc1)NC(=O)O[C@H]1CCOC1. The van der Waals surface area contributed by atoms with Gasteiger partial charge in [0.05, 0.1) is 31.9 Å². The second kappa shape index (κ2) is 12.6. The Labute approximate surface area is 207 Å². The fourth-order valence-electron chi connectivity index (χ4n) is 3.87. The molecule has 0 radical (unpaired) electrons. The summed E-state index contributed by atoms with van der Waals surface area (Å²) in [6.45, 7) is 7.00. The lowest BCUT2D eigenvalue weighted by atomic mass is 10.0. The number of amides is 3. The van der Waals surface area contributed by atoms with Crippen molar-refractivity contribution in [1.29, 1.82) is 0 Å². The highest BCUT2D eigenvalue weighted by molar-refractivity contribution is 5.75. The van der Waals surface area contributed by atoms with Crippen molar-refractivity contribution in [3.05, 3.63) is 71.8 Å². The van der Waals surface area contributed by atoms with Gasteiger partial charge in [-0.15, -0.1) is 0 Å². The van der Waals surface area contributed by atoms with Gasteiger partial charge in [-0.2, -0.15) is 0 Å². The third-order valence-corrected chi connectivity index (χ3v) is 5.62. The van der Waals surface area contributed by atoms with Crippen molar-refractivity contribution in [2.45, 2.75) is 63.9 Å². The van der Waals surface area contributed by atoms with Crippen LogP contribution in [0.5, 0.6) is 0 Å². The molecule has 1 saturated heterocycles. The van der Waals surface area contributed by atoms with Crippen LogP contribution in [-0.4, -0.2) is 65.7 Å². The molecule has 2 aromatic carbocycles. The van der Waals surface area contributed by atoms with Crippen LogP contribution >= 0.6 is 0 Å². The van der Waals surface area contributed by atoms with Crippen molar-refractivity contribution in [3.8, 4) is 0 Å².